The summed E-state index contributed by atoms with van der Waals surface area (Å²) in [5.41, 5.74) is -0.0777. The molecule has 1 fully saturated rings. The van der Waals surface area contributed by atoms with E-state index < -0.39 is 0 Å². The van der Waals surface area contributed by atoms with Crippen molar-refractivity contribution in [2.75, 3.05) is 0 Å². The van der Waals surface area contributed by atoms with Gasteiger partial charge in [-0.2, -0.15) is 0 Å². The van der Waals surface area contributed by atoms with Crippen molar-refractivity contribution in [2.45, 2.75) is 39.5 Å². The number of hydrogen-bond acceptors (Lipinski definition) is 2. The third-order valence-electron chi connectivity index (χ3n) is 2.53. The molecule has 0 spiro atoms. The minimum atomic E-state index is -0.0777. The molecule has 0 heterocycles. The van der Waals surface area contributed by atoms with Gasteiger partial charge in [-0.15, -0.1) is 0 Å². The predicted molar refractivity (Wildman–Crippen MR) is 42.3 cm³/mol. The van der Waals surface area contributed by atoms with Gasteiger partial charge < -0.3 is 0 Å². The number of carbonyl (C=O) groups excluding carboxylic acids is 2. The molecular formula is C9H14O2. The van der Waals surface area contributed by atoms with E-state index >= 15 is 0 Å². The Labute approximate surface area is 67.0 Å². The molecule has 0 aromatic rings. The molecular weight excluding hydrogens is 140 g/mol. The van der Waals surface area contributed by atoms with Crippen LogP contribution in [-0.2, 0) is 9.59 Å². The average Bonchev–Trinajstić information content (AvgIpc) is 2.65. The Kier molecular flexibility index (Phi) is 2.12. The van der Waals surface area contributed by atoms with Gasteiger partial charge in [0.15, 0.2) is 0 Å². The minimum Gasteiger partial charge on any atom is -0.300 e. The lowest BCUT2D eigenvalue weighted by molar-refractivity contribution is -0.129. The van der Waals surface area contributed by atoms with E-state index in [1.165, 1.54) is 6.92 Å². The highest BCUT2D eigenvalue weighted by Crippen LogP contribution is 2.50. The molecule has 0 aromatic heterocycles. The quantitative estimate of drug-likeness (QED) is 0.578. The van der Waals surface area contributed by atoms with Crippen LogP contribution in [0.25, 0.3) is 0 Å². The maximum atomic E-state index is 11.3. The van der Waals surface area contributed by atoms with Crippen LogP contribution in [-0.4, -0.2) is 11.6 Å². The largest absolute Gasteiger partial charge is 0.300 e. The molecule has 0 aromatic carbocycles. The summed E-state index contributed by atoms with van der Waals surface area (Å²) in [6.07, 6.45) is 3.04. The first-order valence-electron chi connectivity index (χ1n) is 4.13. The molecule has 0 N–H and O–H groups in total. The normalized spacial score (nSPS) is 19.5. The Hall–Kier alpha value is -0.660. The first kappa shape index (κ1) is 8.44. The van der Waals surface area contributed by atoms with Crippen LogP contribution in [0.15, 0.2) is 0 Å². The first-order valence-corrected chi connectivity index (χ1v) is 4.13. The fourth-order valence-electron chi connectivity index (χ4n) is 1.39. The predicted octanol–water partition coefficient (Wildman–Crippen LogP) is 1.72. The second-order valence-electron chi connectivity index (χ2n) is 3.44. The lowest BCUT2D eigenvalue weighted by Gasteiger charge is -2.08. The molecule has 62 valence electrons. The molecule has 1 rings (SSSR count). The van der Waals surface area contributed by atoms with E-state index in [0.29, 0.717) is 0 Å². The highest BCUT2D eigenvalue weighted by Gasteiger charge is 2.47. The van der Waals surface area contributed by atoms with Crippen molar-refractivity contribution >= 4 is 11.6 Å². The Balaban J connectivity index is 2.48. The standard InChI is InChI=1S/C9H14O2/c1-3-9(4-5-9)8(11)6-7(2)10/h3-6H2,1-2H3. The van der Waals surface area contributed by atoms with Gasteiger partial charge in [-0.3, -0.25) is 9.59 Å². The molecule has 2 heteroatoms. The molecule has 0 amide bonds. The Morgan fingerprint density at radius 3 is 2.18 bits per heavy atom. The molecule has 0 saturated heterocycles. The number of ketones is 2. The van der Waals surface area contributed by atoms with Crippen LogP contribution >= 0.6 is 0 Å². The maximum Gasteiger partial charge on any atom is 0.146 e. The van der Waals surface area contributed by atoms with E-state index in [1.54, 1.807) is 0 Å². The van der Waals surface area contributed by atoms with Gasteiger partial charge in [0, 0.05) is 5.41 Å². The third-order valence-corrected chi connectivity index (χ3v) is 2.53. The molecule has 1 aliphatic carbocycles. The Morgan fingerprint density at radius 1 is 1.36 bits per heavy atom. The summed E-state index contributed by atoms with van der Waals surface area (Å²) in [4.78, 5) is 22.0. The monoisotopic (exact) mass is 154 g/mol. The SMILES string of the molecule is CCC1(C(=O)CC(C)=O)CC1. The van der Waals surface area contributed by atoms with Gasteiger partial charge in [0.2, 0.25) is 0 Å². The van der Waals surface area contributed by atoms with Crippen LogP contribution in [0.1, 0.15) is 39.5 Å². The second-order valence-corrected chi connectivity index (χ2v) is 3.44. The lowest BCUT2D eigenvalue weighted by atomic mass is 9.94. The summed E-state index contributed by atoms with van der Waals surface area (Å²) >= 11 is 0. The van der Waals surface area contributed by atoms with Crippen LogP contribution in [0.2, 0.25) is 0 Å². The van der Waals surface area contributed by atoms with Crippen molar-refractivity contribution < 1.29 is 9.59 Å². The summed E-state index contributed by atoms with van der Waals surface area (Å²) in [5.74, 6) is 0.155. The van der Waals surface area contributed by atoms with E-state index in [4.69, 9.17) is 0 Å². The van der Waals surface area contributed by atoms with Crippen molar-refractivity contribution in [3.8, 4) is 0 Å². The van der Waals surface area contributed by atoms with Gasteiger partial charge in [-0.25, -0.2) is 0 Å². The van der Waals surface area contributed by atoms with Gasteiger partial charge in [0.25, 0.3) is 0 Å². The molecule has 11 heavy (non-hydrogen) atoms. The molecule has 1 aliphatic rings. The average molecular weight is 154 g/mol. The maximum absolute atomic E-state index is 11.3. The van der Waals surface area contributed by atoms with E-state index in [9.17, 15) is 9.59 Å². The highest BCUT2D eigenvalue weighted by atomic mass is 16.1. The van der Waals surface area contributed by atoms with Crippen LogP contribution in [0.4, 0.5) is 0 Å². The number of Topliss-reactive ketones (excluding diaryl/α,β-unsaturated/α-hetero) is 2. The summed E-state index contributed by atoms with van der Waals surface area (Å²) < 4.78 is 0. The second kappa shape index (κ2) is 2.76. The molecule has 0 atom stereocenters. The zero-order valence-electron chi connectivity index (χ0n) is 7.14. The van der Waals surface area contributed by atoms with E-state index in [2.05, 4.69) is 0 Å². The molecule has 1 saturated carbocycles. The number of rotatable bonds is 4. The van der Waals surface area contributed by atoms with Gasteiger partial charge >= 0.3 is 0 Å². The van der Waals surface area contributed by atoms with Crippen LogP contribution < -0.4 is 0 Å². The molecule has 0 radical (unpaired) electrons. The molecule has 0 aliphatic heterocycles. The zero-order chi connectivity index (χ0) is 8.48. The topological polar surface area (TPSA) is 34.1 Å². The zero-order valence-corrected chi connectivity index (χ0v) is 7.14. The summed E-state index contributed by atoms with van der Waals surface area (Å²) in [6.45, 7) is 3.49. The van der Waals surface area contributed by atoms with Crippen LogP contribution in [0.5, 0.6) is 0 Å². The highest BCUT2D eigenvalue weighted by molar-refractivity contribution is 6.01. The summed E-state index contributed by atoms with van der Waals surface area (Å²) in [6, 6.07) is 0. The van der Waals surface area contributed by atoms with Crippen molar-refractivity contribution in [1.29, 1.82) is 0 Å². The number of carbonyl (C=O) groups is 2. The number of hydrogen-bond donors (Lipinski definition) is 0. The van der Waals surface area contributed by atoms with Crippen LogP contribution in [0, 0.1) is 5.41 Å². The van der Waals surface area contributed by atoms with Gasteiger partial charge in [-0.1, -0.05) is 6.92 Å². The summed E-state index contributed by atoms with van der Waals surface area (Å²) in [5, 5.41) is 0. The molecule has 2 nitrogen and oxygen atoms in total. The van der Waals surface area contributed by atoms with E-state index in [-0.39, 0.29) is 23.4 Å². The Bertz CT molecular complexity index is 190. The lowest BCUT2D eigenvalue weighted by Crippen LogP contribution is -2.17. The molecule has 0 bridgehead atoms. The van der Waals surface area contributed by atoms with Crippen LogP contribution in [0.3, 0.4) is 0 Å². The van der Waals surface area contributed by atoms with Gasteiger partial charge in [-0.05, 0) is 26.2 Å². The summed E-state index contributed by atoms with van der Waals surface area (Å²) in [7, 11) is 0. The van der Waals surface area contributed by atoms with E-state index in [0.717, 1.165) is 19.3 Å². The fourth-order valence-corrected chi connectivity index (χ4v) is 1.39. The van der Waals surface area contributed by atoms with Crippen molar-refractivity contribution in [2.24, 2.45) is 5.41 Å². The van der Waals surface area contributed by atoms with Gasteiger partial charge in [0.1, 0.15) is 11.6 Å². The van der Waals surface area contributed by atoms with E-state index in [1.807, 2.05) is 6.92 Å². The molecule has 0 unspecified atom stereocenters. The minimum absolute atomic E-state index is 0.00488. The van der Waals surface area contributed by atoms with Crippen molar-refractivity contribution in [3.63, 3.8) is 0 Å². The van der Waals surface area contributed by atoms with Crippen molar-refractivity contribution in [1.82, 2.24) is 0 Å². The van der Waals surface area contributed by atoms with Crippen molar-refractivity contribution in [3.05, 3.63) is 0 Å². The fraction of sp³-hybridized carbons (Fsp3) is 0.778. The third kappa shape index (κ3) is 1.67. The smallest absolute Gasteiger partial charge is 0.146 e. The van der Waals surface area contributed by atoms with Gasteiger partial charge in [0.05, 0.1) is 6.42 Å². The Morgan fingerprint density at radius 2 is 1.91 bits per heavy atom. The first-order chi connectivity index (χ1) is 5.10.